The van der Waals surface area contributed by atoms with Gasteiger partial charge in [-0.1, -0.05) is 5.16 Å². The largest absolute Gasteiger partial charge is 0.377 e. The number of morpholine rings is 1. The van der Waals surface area contributed by atoms with Crippen LogP contribution in [0, 0.1) is 0 Å². The van der Waals surface area contributed by atoms with E-state index in [0.717, 1.165) is 43.1 Å². The SMILES string of the molecule is CC(C)N1CCc2c(nc(-c3ccc(NC(=O)Nc4ccon4)cc3)nc2N2CCOC[C@@H]2C)C1. The molecule has 1 atom stereocenters. The van der Waals surface area contributed by atoms with Crippen LogP contribution in [0.15, 0.2) is 41.1 Å². The van der Waals surface area contributed by atoms with Crippen molar-refractivity contribution in [1.29, 1.82) is 0 Å². The average molecular weight is 478 g/mol. The molecule has 0 unspecified atom stereocenters. The summed E-state index contributed by atoms with van der Waals surface area (Å²) in [7, 11) is 0. The van der Waals surface area contributed by atoms with Crippen molar-refractivity contribution in [3.8, 4) is 11.4 Å². The summed E-state index contributed by atoms with van der Waals surface area (Å²) in [6, 6.07) is 9.45. The molecule has 10 heteroatoms. The lowest BCUT2D eigenvalue weighted by Gasteiger charge is -2.38. The van der Waals surface area contributed by atoms with E-state index in [-0.39, 0.29) is 6.04 Å². The van der Waals surface area contributed by atoms with E-state index in [4.69, 9.17) is 19.2 Å². The Morgan fingerprint density at radius 2 is 1.94 bits per heavy atom. The van der Waals surface area contributed by atoms with Gasteiger partial charge in [-0.05, 0) is 51.5 Å². The molecule has 2 aromatic heterocycles. The first-order valence-electron chi connectivity index (χ1n) is 12.0. The highest BCUT2D eigenvalue weighted by Gasteiger charge is 2.29. The molecule has 4 heterocycles. The molecule has 0 saturated carbocycles. The fraction of sp³-hybridized carbons (Fsp3) is 0.440. The van der Waals surface area contributed by atoms with E-state index in [2.05, 4.69) is 46.4 Å². The Bertz CT molecular complexity index is 1160. The Hall–Kier alpha value is -3.50. The molecule has 5 rings (SSSR count). The molecular formula is C25H31N7O3. The predicted octanol–water partition coefficient (Wildman–Crippen LogP) is 3.77. The van der Waals surface area contributed by atoms with Crippen molar-refractivity contribution in [2.24, 2.45) is 0 Å². The van der Waals surface area contributed by atoms with Gasteiger partial charge in [-0.3, -0.25) is 10.2 Å². The Kier molecular flexibility index (Phi) is 6.65. The lowest BCUT2D eigenvalue weighted by Crippen LogP contribution is -2.45. The molecule has 0 radical (unpaired) electrons. The standard InChI is InChI=1S/C25H31N7O3/c1-16(2)31-10-8-20-21(14-31)27-23(29-24(20)32-11-13-34-15-17(32)3)18-4-6-19(7-5-18)26-25(33)28-22-9-12-35-30-22/h4-7,9,12,16-17H,8,10-11,13-15H2,1-3H3,(H2,26,28,30,33)/t17-/m0/s1. The number of carbonyl (C=O) groups is 1. The zero-order valence-corrected chi connectivity index (χ0v) is 20.3. The fourth-order valence-electron chi connectivity index (χ4n) is 4.54. The van der Waals surface area contributed by atoms with Gasteiger partial charge in [-0.15, -0.1) is 0 Å². The summed E-state index contributed by atoms with van der Waals surface area (Å²) in [6.45, 7) is 10.7. The predicted molar refractivity (Wildman–Crippen MR) is 133 cm³/mol. The smallest absolute Gasteiger partial charge is 0.324 e. The Balaban J connectivity index is 1.42. The monoisotopic (exact) mass is 477 g/mol. The molecule has 1 saturated heterocycles. The van der Waals surface area contributed by atoms with Crippen molar-refractivity contribution in [2.45, 2.75) is 45.8 Å². The van der Waals surface area contributed by atoms with E-state index >= 15 is 0 Å². The average Bonchev–Trinajstić information content (AvgIpc) is 3.36. The maximum absolute atomic E-state index is 12.2. The van der Waals surface area contributed by atoms with Crippen molar-refractivity contribution in [3.05, 3.63) is 47.9 Å². The van der Waals surface area contributed by atoms with Gasteiger partial charge in [-0.25, -0.2) is 14.8 Å². The van der Waals surface area contributed by atoms with Gasteiger partial charge >= 0.3 is 6.03 Å². The lowest BCUT2D eigenvalue weighted by atomic mass is 10.0. The fourth-order valence-corrected chi connectivity index (χ4v) is 4.54. The molecule has 2 aliphatic rings. The van der Waals surface area contributed by atoms with Gasteiger partial charge in [0.25, 0.3) is 0 Å². The minimum atomic E-state index is -0.394. The van der Waals surface area contributed by atoms with Crippen molar-refractivity contribution < 1.29 is 14.1 Å². The molecule has 1 fully saturated rings. The van der Waals surface area contributed by atoms with E-state index in [1.807, 2.05) is 24.3 Å². The van der Waals surface area contributed by atoms with Crippen molar-refractivity contribution in [3.63, 3.8) is 0 Å². The summed E-state index contributed by atoms with van der Waals surface area (Å²) >= 11 is 0. The minimum Gasteiger partial charge on any atom is -0.377 e. The van der Waals surface area contributed by atoms with E-state index in [9.17, 15) is 4.79 Å². The number of amides is 2. The molecule has 10 nitrogen and oxygen atoms in total. The Labute approximate surface area is 204 Å². The lowest BCUT2D eigenvalue weighted by molar-refractivity contribution is 0.0983. The van der Waals surface area contributed by atoms with Gasteiger partial charge in [0.05, 0.1) is 24.9 Å². The normalized spacial score (nSPS) is 18.4. The number of anilines is 3. The molecule has 0 bridgehead atoms. The van der Waals surface area contributed by atoms with Crippen LogP contribution in [0.3, 0.4) is 0 Å². The van der Waals surface area contributed by atoms with Crippen LogP contribution >= 0.6 is 0 Å². The van der Waals surface area contributed by atoms with Crippen LogP contribution in [0.2, 0.25) is 0 Å². The number of urea groups is 1. The zero-order chi connectivity index (χ0) is 24.4. The number of nitrogens with one attached hydrogen (secondary N) is 2. The van der Waals surface area contributed by atoms with Gasteiger partial charge in [-0.2, -0.15) is 0 Å². The molecule has 0 spiro atoms. The van der Waals surface area contributed by atoms with Crippen molar-refractivity contribution in [1.82, 2.24) is 20.0 Å². The van der Waals surface area contributed by atoms with Crippen LogP contribution in [-0.4, -0.2) is 64.4 Å². The number of aromatic nitrogens is 3. The molecule has 3 aromatic rings. The van der Waals surface area contributed by atoms with Crippen LogP contribution in [0.1, 0.15) is 32.0 Å². The van der Waals surface area contributed by atoms with Gasteiger partial charge in [0, 0.05) is 48.6 Å². The highest BCUT2D eigenvalue weighted by atomic mass is 16.5. The van der Waals surface area contributed by atoms with Crippen molar-refractivity contribution in [2.75, 3.05) is 41.8 Å². The van der Waals surface area contributed by atoms with Crippen molar-refractivity contribution >= 4 is 23.4 Å². The summed E-state index contributed by atoms with van der Waals surface area (Å²) in [5.41, 5.74) is 3.90. The summed E-state index contributed by atoms with van der Waals surface area (Å²) in [5.74, 6) is 2.07. The molecular weight excluding hydrogens is 446 g/mol. The third-order valence-corrected chi connectivity index (χ3v) is 6.52. The van der Waals surface area contributed by atoms with Gasteiger partial charge in [0.1, 0.15) is 12.1 Å². The molecule has 35 heavy (non-hydrogen) atoms. The summed E-state index contributed by atoms with van der Waals surface area (Å²) in [4.78, 5) is 27.1. The van der Waals surface area contributed by atoms with Crippen LogP contribution in [0.4, 0.5) is 22.1 Å². The maximum atomic E-state index is 12.2. The van der Waals surface area contributed by atoms with Crippen LogP contribution < -0.4 is 15.5 Å². The molecule has 184 valence electrons. The second-order valence-corrected chi connectivity index (χ2v) is 9.27. The third-order valence-electron chi connectivity index (χ3n) is 6.52. The highest BCUT2D eigenvalue weighted by molar-refractivity contribution is 5.99. The molecule has 2 amide bonds. The molecule has 1 aromatic carbocycles. The second-order valence-electron chi connectivity index (χ2n) is 9.27. The molecule has 2 aliphatic heterocycles. The molecule has 2 N–H and O–H groups in total. The van der Waals surface area contributed by atoms with Crippen LogP contribution in [0.5, 0.6) is 0 Å². The number of carbonyl (C=O) groups excluding carboxylic acids is 1. The van der Waals surface area contributed by atoms with E-state index < -0.39 is 6.03 Å². The van der Waals surface area contributed by atoms with E-state index in [0.29, 0.717) is 36.6 Å². The number of rotatable bonds is 5. The third kappa shape index (κ3) is 5.13. The van der Waals surface area contributed by atoms with Gasteiger partial charge in [0.2, 0.25) is 0 Å². The summed E-state index contributed by atoms with van der Waals surface area (Å²) in [5, 5.41) is 9.08. The van der Waals surface area contributed by atoms with Gasteiger partial charge < -0.3 is 19.5 Å². The first kappa shape index (κ1) is 23.3. The Morgan fingerprint density at radius 3 is 2.66 bits per heavy atom. The number of nitrogens with zero attached hydrogens (tertiary/aromatic N) is 5. The number of fused-ring (bicyclic) bond motifs is 1. The number of hydrogen-bond donors (Lipinski definition) is 2. The first-order chi connectivity index (χ1) is 17.0. The van der Waals surface area contributed by atoms with Crippen LogP contribution in [-0.2, 0) is 17.7 Å². The highest BCUT2D eigenvalue weighted by Crippen LogP contribution is 2.32. The first-order valence-corrected chi connectivity index (χ1v) is 12.0. The quantitative estimate of drug-likeness (QED) is 0.572. The Morgan fingerprint density at radius 1 is 1.11 bits per heavy atom. The topological polar surface area (TPSA) is 109 Å². The van der Waals surface area contributed by atoms with E-state index in [1.165, 1.54) is 11.8 Å². The minimum absolute atomic E-state index is 0.258. The number of hydrogen-bond acceptors (Lipinski definition) is 8. The van der Waals surface area contributed by atoms with Gasteiger partial charge in [0.15, 0.2) is 11.6 Å². The maximum Gasteiger partial charge on any atom is 0.324 e. The molecule has 0 aliphatic carbocycles. The van der Waals surface area contributed by atoms with E-state index in [1.54, 1.807) is 6.07 Å². The number of ether oxygens (including phenoxy) is 1. The second kappa shape index (κ2) is 10.0. The number of benzene rings is 1. The summed E-state index contributed by atoms with van der Waals surface area (Å²) < 4.78 is 10.4. The summed E-state index contributed by atoms with van der Waals surface area (Å²) in [6.07, 6.45) is 2.34. The zero-order valence-electron chi connectivity index (χ0n) is 20.3. The van der Waals surface area contributed by atoms with Crippen LogP contribution in [0.25, 0.3) is 11.4 Å².